The number of hydrogen-bond donors (Lipinski definition) is 1. The summed E-state index contributed by atoms with van der Waals surface area (Å²) in [4.78, 5) is 12.8. The molecule has 1 N–H and O–H groups in total. The minimum Gasteiger partial charge on any atom is -0.483 e. The van der Waals surface area contributed by atoms with E-state index in [0.29, 0.717) is 22.2 Å². The lowest BCUT2D eigenvalue weighted by Gasteiger charge is -2.14. The Hall–Kier alpha value is -4.16. The molecule has 3 aromatic carbocycles. The van der Waals surface area contributed by atoms with Gasteiger partial charge in [0.2, 0.25) is 5.91 Å². The summed E-state index contributed by atoms with van der Waals surface area (Å²) in [6.07, 6.45) is 0. The van der Waals surface area contributed by atoms with Crippen molar-refractivity contribution in [1.82, 2.24) is 14.8 Å². The highest BCUT2D eigenvalue weighted by Crippen LogP contribution is 2.27. The molecule has 0 aliphatic carbocycles. The lowest BCUT2D eigenvalue weighted by atomic mass is 10.2. The Morgan fingerprint density at radius 1 is 1.12 bits per heavy atom. The van der Waals surface area contributed by atoms with Gasteiger partial charge in [-0.3, -0.25) is 9.36 Å². The summed E-state index contributed by atoms with van der Waals surface area (Å²) in [5.41, 5.74) is 1.79. The molecule has 0 aliphatic heterocycles. The summed E-state index contributed by atoms with van der Waals surface area (Å²) in [6.45, 7) is 1.75. The zero-order chi connectivity index (χ0) is 23.9. The Bertz CT molecular complexity index is 1340. The molecule has 34 heavy (non-hydrogen) atoms. The summed E-state index contributed by atoms with van der Waals surface area (Å²) in [5, 5.41) is 20.4. The molecule has 0 saturated carbocycles. The van der Waals surface area contributed by atoms with Gasteiger partial charge in [0.05, 0.1) is 16.9 Å². The first-order valence-electron chi connectivity index (χ1n) is 10.4. The third kappa shape index (κ3) is 5.42. The molecule has 1 aromatic heterocycles. The first kappa shape index (κ1) is 23.0. The average molecular weight is 474 g/mol. The minimum atomic E-state index is -0.516. The number of anilines is 1. The van der Waals surface area contributed by atoms with Crippen LogP contribution >= 0.6 is 11.8 Å². The number of halogens is 1. The zero-order valence-corrected chi connectivity index (χ0v) is 19.0. The molecule has 0 bridgehead atoms. The molecule has 0 fully saturated rings. The molecule has 0 radical (unpaired) electrons. The molecule has 0 spiro atoms. The highest BCUT2D eigenvalue weighted by molar-refractivity contribution is 8.00. The first-order chi connectivity index (χ1) is 16.5. The number of para-hydroxylation sites is 2. The number of hydrogen-bond acceptors (Lipinski definition) is 6. The van der Waals surface area contributed by atoms with Gasteiger partial charge < -0.3 is 10.1 Å². The number of rotatable bonds is 8. The molecule has 4 aromatic rings. The molecule has 1 amide bonds. The highest BCUT2D eigenvalue weighted by atomic mass is 32.2. The predicted molar refractivity (Wildman–Crippen MR) is 127 cm³/mol. The van der Waals surface area contributed by atoms with E-state index in [1.807, 2.05) is 30.3 Å². The third-order valence-corrected chi connectivity index (χ3v) is 5.86. The van der Waals surface area contributed by atoms with Crippen molar-refractivity contribution in [3.63, 3.8) is 0 Å². The first-order valence-corrected chi connectivity index (χ1v) is 11.3. The minimum absolute atomic E-state index is 0.00901. The molecule has 0 aliphatic rings. The van der Waals surface area contributed by atoms with Crippen molar-refractivity contribution in [3.8, 4) is 17.5 Å². The van der Waals surface area contributed by atoms with Gasteiger partial charge in [-0.1, -0.05) is 48.2 Å². The van der Waals surface area contributed by atoms with Gasteiger partial charge in [-0.2, -0.15) is 5.26 Å². The number of amides is 1. The van der Waals surface area contributed by atoms with Crippen molar-refractivity contribution < 1.29 is 13.9 Å². The van der Waals surface area contributed by atoms with Crippen molar-refractivity contribution >= 4 is 23.4 Å². The molecule has 170 valence electrons. The second-order valence-electron chi connectivity index (χ2n) is 7.23. The van der Waals surface area contributed by atoms with Crippen molar-refractivity contribution in [2.75, 3.05) is 5.32 Å². The third-order valence-electron chi connectivity index (χ3n) is 4.82. The lowest BCUT2D eigenvalue weighted by Crippen LogP contribution is -2.23. The van der Waals surface area contributed by atoms with Gasteiger partial charge in [0, 0.05) is 11.4 Å². The second-order valence-corrected chi connectivity index (χ2v) is 8.54. The summed E-state index contributed by atoms with van der Waals surface area (Å²) < 4.78 is 21.4. The van der Waals surface area contributed by atoms with E-state index in [1.54, 1.807) is 54.0 Å². The maximum absolute atomic E-state index is 14.0. The monoisotopic (exact) mass is 473 g/mol. The molecular weight excluding hydrogens is 453 g/mol. The Morgan fingerprint density at radius 2 is 1.88 bits per heavy atom. The van der Waals surface area contributed by atoms with Crippen LogP contribution in [0.25, 0.3) is 5.69 Å². The van der Waals surface area contributed by atoms with E-state index < -0.39 is 11.1 Å². The van der Waals surface area contributed by atoms with E-state index in [4.69, 9.17) is 10.00 Å². The number of carbonyl (C=O) groups excluding carboxylic acids is 1. The summed E-state index contributed by atoms with van der Waals surface area (Å²) in [7, 11) is 0. The fourth-order valence-electron chi connectivity index (χ4n) is 3.13. The van der Waals surface area contributed by atoms with Gasteiger partial charge in [0.15, 0.2) is 22.5 Å². The molecule has 1 heterocycles. The van der Waals surface area contributed by atoms with E-state index in [9.17, 15) is 9.18 Å². The Morgan fingerprint density at radius 3 is 2.65 bits per heavy atom. The number of aromatic nitrogens is 3. The average Bonchev–Trinajstić information content (AvgIpc) is 3.26. The molecule has 4 rings (SSSR count). The van der Waals surface area contributed by atoms with Crippen LogP contribution in [0.15, 0.2) is 84.0 Å². The molecular formula is C25H20FN5O2S. The fraction of sp³-hybridized carbons (Fsp3) is 0.120. The van der Waals surface area contributed by atoms with Crippen LogP contribution in [0.2, 0.25) is 0 Å². The highest BCUT2D eigenvalue weighted by Gasteiger charge is 2.22. The van der Waals surface area contributed by atoms with Crippen molar-refractivity contribution in [3.05, 3.63) is 96.1 Å². The quantitative estimate of drug-likeness (QED) is 0.363. The zero-order valence-electron chi connectivity index (χ0n) is 18.2. The molecule has 9 heteroatoms. The Kier molecular flexibility index (Phi) is 7.20. The maximum atomic E-state index is 14.0. The SMILES string of the molecule is C[C@H](Sc1nnc(COc2ccccc2F)n1-c1ccccc1)C(=O)Nc1cccc(C#N)c1. The number of nitrogens with zero attached hydrogens (tertiary/aromatic N) is 4. The van der Waals surface area contributed by atoms with Crippen LogP contribution in [0.4, 0.5) is 10.1 Å². The number of thioether (sulfide) groups is 1. The van der Waals surface area contributed by atoms with Crippen LogP contribution in [0.3, 0.4) is 0 Å². The predicted octanol–water partition coefficient (Wildman–Crippen LogP) is 4.98. The van der Waals surface area contributed by atoms with Crippen LogP contribution in [-0.4, -0.2) is 25.9 Å². The number of nitrogens with one attached hydrogen (secondary N) is 1. The summed E-state index contributed by atoms with van der Waals surface area (Å²) >= 11 is 1.23. The van der Waals surface area contributed by atoms with Crippen LogP contribution in [0, 0.1) is 17.1 Å². The summed E-state index contributed by atoms with van der Waals surface area (Å²) in [6, 6.07) is 24.3. The van der Waals surface area contributed by atoms with Gasteiger partial charge in [0.25, 0.3) is 0 Å². The maximum Gasteiger partial charge on any atom is 0.237 e. The molecule has 0 saturated heterocycles. The molecule has 0 unspecified atom stereocenters. The summed E-state index contributed by atoms with van der Waals surface area (Å²) in [5.74, 6) is -0.126. The number of nitriles is 1. The van der Waals surface area contributed by atoms with Gasteiger partial charge in [-0.15, -0.1) is 10.2 Å². The van der Waals surface area contributed by atoms with E-state index in [0.717, 1.165) is 5.69 Å². The van der Waals surface area contributed by atoms with E-state index >= 15 is 0 Å². The number of ether oxygens (including phenoxy) is 1. The standard InChI is InChI=1S/C25H20FN5O2S/c1-17(24(32)28-19-9-7-8-18(14-19)15-27)34-25-30-29-23(31(25)20-10-3-2-4-11-20)16-33-22-13-6-5-12-21(22)26/h2-14,17H,16H2,1H3,(H,28,32)/t17-/m0/s1. The van der Waals surface area contributed by atoms with Gasteiger partial charge >= 0.3 is 0 Å². The topological polar surface area (TPSA) is 92.8 Å². The van der Waals surface area contributed by atoms with E-state index in [-0.39, 0.29) is 18.3 Å². The van der Waals surface area contributed by atoms with Crippen molar-refractivity contribution in [1.29, 1.82) is 5.26 Å². The van der Waals surface area contributed by atoms with Gasteiger partial charge in [-0.05, 0) is 49.4 Å². The van der Waals surface area contributed by atoms with Crippen LogP contribution in [0.5, 0.6) is 5.75 Å². The van der Waals surface area contributed by atoms with E-state index in [2.05, 4.69) is 21.6 Å². The fourth-order valence-corrected chi connectivity index (χ4v) is 4.02. The normalized spacial score (nSPS) is 11.4. The molecule has 1 atom stereocenters. The number of carbonyl (C=O) groups is 1. The van der Waals surface area contributed by atoms with Crippen LogP contribution in [-0.2, 0) is 11.4 Å². The van der Waals surface area contributed by atoms with Crippen molar-refractivity contribution in [2.45, 2.75) is 23.9 Å². The van der Waals surface area contributed by atoms with Crippen LogP contribution < -0.4 is 10.1 Å². The van der Waals surface area contributed by atoms with Gasteiger partial charge in [0.1, 0.15) is 6.61 Å². The Balaban J connectivity index is 1.54. The largest absolute Gasteiger partial charge is 0.483 e. The van der Waals surface area contributed by atoms with Gasteiger partial charge in [-0.25, -0.2) is 4.39 Å². The lowest BCUT2D eigenvalue weighted by molar-refractivity contribution is -0.115. The number of benzene rings is 3. The second kappa shape index (κ2) is 10.6. The smallest absolute Gasteiger partial charge is 0.237 e. The van der Waals surface area contributed by atoms with E-state index in [1.165, 1.54) is 17.8 Å². The Labute approximate surface area is 200 Å². The van der Waals surface area contributed by atoms with Crippen LogP contribution in [0.1, 0.15) is 18.3 Å². The molecule has 7 nitrogen and oxygen atoms in total. The van der Waals surface area contributed by atoms with Crippen molar-refractivity contribution in [2.24, 2.45) is 0 Å².